The van der Waals surface area contributed by atoms with Crippen molar-refractivity contribution in [2.75, 3.05) is 7.11 Å². The third-order valence-corrected chi connectivity index (χ3v) is 7.41. The van der Waals surface area contributed by atoms with Gasteiger partial charge in [0.05, 0.1) is 18.5 Å². The number of hydrogen-bond donors (Lipinski definition) is 1. The third kappa shape index (κ3) is 6.78. The summed E-state index contributed by atoms with van der Waals surface area (Å²) >= 11 is 0. The van der Waals surface area contributed by atoms with Crippen LogP contribution in [-0.4, -0.2) is 32.6 Å². The van der Waals surface area contributed by atoms with Gasteiger partial charge in [0, 0.05) is 37.3 Å². The first kappa shape index (κ1) is 28.8. The number of nitrogens with zero attached hydrogens (tertiary/aromatic N) is 3. The molecule has 42 heavy (non-hydrogen) atoms. The second-order valence-electron chi connectivity index (χ2n) is 10.4. The number of aromatic nitrogens is 2. The highest BCUT2D eigenvalue weighted by atomic mass is 16.5. The van der Waals surface area contributed by atoms with Gasteiger partial charge in [-0.3, -0.25) is 4.90 Å². The average Bonchev–Trinajstić information content (AvgIpc) is 3.38. The summed E-state index contributed by atoms with van der Waals surface area (Å²) in [6, 6.07) is 36.6. The van der Waals surface area contributed by atoms with E-state index in [2.05, 4.69) is 89.2 Å². The molecule has 5 rings (SSSR count). The normalized spacial score (nSPS) is 11.1. The zero-order chi connectivity index (χ0) is 29.3. The predicted molar refractivity (Wildman–Crippen MR) is 167 cm³/mol. The first-order chi connectivity index (χ1) is 20.6. The summed E-state index contributed by atoms with van der Waals surface area (Å²) in [6.45, 7) is 5.07. The molecule has 0 unspecified atom stereocenters. The minimum atomic E-state index is -1.000. The van der Waals surface area contributed by atoms with Crippen LogP contribution in [0.25, 0.3) is 22.6 Å². The molecular weight excluding hydrogens is 522 g/mol. The summed E-state index contributed by atoms with van der Waals surface area (Å²) in [4.78, 5) is 19.4. The van der Waals surface area contributed by atoms with Gasteiger partial charge in [0.15, 0.2) is 0 Å². The molecule has 0 radical (unpaired) electrons. The highest BCUT2D eigenvalue weighted by molar-refractivity contribution is 5.91. The van der Waals surface area contributed by atoms with Gasteiger partial charge in [-0.25, -0.2) is 9.78 Å². The van der Waals surface area contributed by atoms with E-state index >= 15 is 0 Å². The van der Waals surface area contributed by atoms with Crippen molar-refractivity contribution >= 4 is 5.97 Å². The van der Waals surface area contributed by atoms with Crippen LogP contribution < -0.4 is 4.74 Å². The van der Waals surface area contributed by atoms with Crippen LogP contribution in [-0.2, 0) is 26.2 Å². The summed E-state index contributed by atoms with van der Waals surface area (Å²) in [5, 5.41) is 9.60. The van der Waals surface area contributed by atoms with Crippen LogP contribution in [0.15, 0.2) is 109 Å². The van der Waals surface area contributed by atoms with Gasteiger partial charge in [0.1, 0.15) is 17.1 Å². The maximum atomic E-state index is 11.7. The van der Waals surface area contributed by atoms with Crippen molar-refractivity contribution in [2.24, 2.45) is 0 Å². The van der Waals surface area contributed by atoms with Gasteiger partial charge in [-0.2, -0.15) is 0 Å². The Kier molecular flexibility index (Phi) is 9.47. The molecule has 0 bridgehead atoms. The van der Waals surface area contributed by atoms with E-state index in [1.807, 2.05) is 30.3 Å². The number of benzene rings is 4. The van der Waals surface area contributed by atoms with Gasteiger partial charge in [-0.15, -0.1) is 0 Å². The van der Waals surface area contributed by atoms with Crippen molar-refractivity contribution in [3.63, 3.8) is 0 Å². The maximum absolute atomic E-state index is 11.7. The second-order valence-corrected chi connectivity index (χ2v) is 10.4. The van der Waals surface area contributed by atoms with E-state index in [1.165, 1.54) is 18.4 Å². The summed E-state index contributed by atoms with van der Waals surface area (Å²) in [6.07, 6.45) is 2.12. The number of methoxy groups -OCH3 is 1. The number of carboxylic acid groups (broad SMARTS) is 1. The number of ether oxygens (including phenoxy) is 1. The number of imidazole rings is 1. The number of unbranched alkanes of at least 4 members (excludes halogenated alkanes) is 1. The van der Waals surface area contributed by atoms with E-state index in [-0.39, 0.29) is 5.56 Å². The molecule has 0 fully saturated rings. The Balaban J connectivity index is 1.61. The Bertz CT molecular complexity index is 1600. The van der Waals surface area contributed by atoms with Gasteiger partial charge in [0.25, 0.3) is 0 Å². The fourth-order valence-electron chi connectivity index (χ4n) is 5.33. The smallest absolute Gasteiger partial charge is 0.339 e. The number of aromatic carboxylic acids is 1. The molecular formula is C36H37N3O3. The Hall–Kier alpha value is -4.68. The Labute approximate surface area is 247 Å². The second kappa shape index (κ2) is 13.8. The van der Waals surface area contributed by atoms with Crippen LogP contribution in [0.5, 0.6) is 5.75 Å². The first-order valence-electron chi connectivity index (χ1n) is 14.4. The standard InChI is InChI=1S/C36H37N3O3/c1-3-4-22-39-32(34(29-16-10-6-11-17-29)37-35(39)30-18-12-7-13-19-30)26-38(24-27-14-8-5-9-15-27)25-28-20-21-31(36(40)41)33(23-28)42-2/h5-21,23H,3-4,22,24-26H2,1-2H3,(H,40,41). The Morgan fingerprint density at radius 2 is 1.43 bits per heavy atom. The molecule has 0 aliphatic carbocycles. The molecule has 0 amide bonds. The molecule has 214 valence electrons. The van der Waals surface area contributed by atoms with Crippen molar-refractivity contribution in [2.45, 2.75) is 45.9 Å². The largest absolute Gasteiger partial charge is 0.496 e. The molecule has 6 nitrogen and oxygen atoms in total. The van der Waals surface area contributed by atoms with Crippen molar-refractivity contribution in [3.05, 3.63) is 132 Å². The lowest BCUT2D eigenvalue weighted by Gasteiger charge is -2.25. The van der Waals surface area contributed by atoms with E-state index < -0.39 is 5.97 Å². The van der Waals surface area contributed by atoms with Crippen LogP contribution >= 0.6 is 0 Å². The van der Waals surface area contributed by atoms with E-state index in [0.717, 1.165) is 54.1 Å². The molecule has 6 heteroatoms. The van der Waals surface area contributed by atoms with Crippen molar-refractivity contribution in [1.29, 1.82) is 0 Å². The first-order valence-corrected chi connectivity index (χ1v) is 14.4. The molecule has 0 aliphatic rings. The lowest BCUT2D eigenvalue weighted by Crippen LogP contribution is -2.24. The Morgan fingerprint density at radius 3 is 2.05 bits per heavy atom. The van der Waals surface area contributed by atoms with Gasteiger partial charge in [0.2, 0.25) is 0 Å². The summed E-state index contributed by atoms with van der Waals surface area (Å²) < 4.78 is 7.84. The van der Waals surface area contributed by atoms with Gasteiger partial charge in [-0.1, -0.05) is 110 Å². The molecule has 1 aromatic heterocycles. The van der Waals surface area contributed by atoms with Gasteiger partial charge < -0.3 is 14.4 Å². The van der Waals surface area contributed by atoms with Crippen LogP contribution in [0.3, 0.4) is 0 Å². The lowest BCUT2D eigenvalue weighted by atomic mass is 10.1. The average molecular weight is 560 g/mol. The third-order valence-electron chi connectivity index (χ3n) is 7.41. The molecule has 0 aliphatic heterocycles. The van der Waals surface area contributed by atoms with E-state index in [0.29, 0.717) is 18.8 Å². The van der Waals surface area contributed by atoms with E-state index in [1.54, 1.807) is 6.07 Å². The molecule has 1 N–H and O–H groups in total. The van der Waals surface area contributed by atoms with Crippen molar-refractivity contribution in [3.8, 4) is 28.4 Å². The van der Waals surface area contributed by atoms with Crippen LogP contribution in [0, 0.1) is 0 Å². The molecule has 1 heterocycles. The number of carbonyl (C=O) groups is 1. The summed E-state index contributed by atoms with van der Waals surface area (Å²) in [5.41, 5.74) is 6.69. The van der Waals surface area contributed by atoms with Crippen LogP contribution in [0.2, 0.25) is 0 Å². The fraction of sp³-hybridized carbons (Fsp3) is 0.222. The zero-order valence-corrected chi connectivity index (χ0v) is 24.2. The van der Waals surface area contributed by atoms with Crippen LogP contribution in [0.4, 0.5) is 0 Å². The fourth-order valence-corrected chi connectivity index (χ4v) is 5.33. The topological polar surface area (TPSA) is 67.6 Å². The SMILES string of the molecule is CCCCn1c(-c2ccccc2)nc(-c2ccccc2)c1CN(Cc1ccccc1)Cc1ccc(C(=O)O)c(OC)c1. The number of rotatable bonds is 13. The molecule has 4 aromatic carbocycles. The van der Waals surface area contributed by atoms with Crippen molar-refractivity contribution < 1.29 is 14.6 Å². The molecule has 0 spiro atoms. The monoisotopic (exact) mass is 559 g/mol. The Morgan fingerprint density at radius 1 is 0.810 bits per heavy atom. The minimum absolute atomic E-state index is 0.160. The highest BCUT2D eigenvalue weighted by Crippen LogP contribution is 2.32. The van der Waals surface area contributed by atoms with E-state index in [4.69, 9.17) is 9.72 Å². The molecule has 5 aromatic rings. The molecule has 0 saturated heterocycles. The summed E-state index contributed by atoms with van der Waals surface area (Å²) in [5.74, 6) is 0.342. The molecule has 0 atom stereocenters. The van der Waals surface area contributed by atoms with Gasteiger partial charge >= 0.3 is 5.97 Å². The summed E-state index contributed by atoms with van der Waals surface area (Å²) in [7, 11) is 1.51. The van der Waals surface area contributed by atoms with Crippen molar-refractivity contribution in [1.82, 2.24) is 14.5 Å². The maximum Gasteiger partial charge on any atom is 0.339 e. The zero-order valence-electron chi connectivity index (χ0n) is 24.2. The number of carboxylic acids is 1. The quantitative estimate of drug-likeness (QED) is 0.159. The number of hydrogen-bond acceptors (Lipinski definition) is 4. The highest BCUT2D eigenvalue weighted by Gasteiger charge is 2.22. The lowest BCUT2D eigenvalue weighted by molar-refractivity contribution is 0.0693. The van der Waals surface area contributed by atoms with Crippen LogP contribution in [0.1, 0.15) is 46.9 Å². The van der Waals surface area contributed by atoms with E-state index in [9.17, 15) is 9.90 Å². The minimum Gasteiger partial charge on any atom is -0.496 e. The predicted octanol–water partition coefficient (Wildman–Crippen LogP) is 7.93. The van der Waals surface area contributed by atoms with Gasteiger partial charge in [-0.05, 0) is 29.7 Å². The molecule has 0 saturated carbocycles.